The van der Waals surface area contributed by atoms with Crippen molar-refractivity contribution in [3.05, 3.63) is 39.9 Å². The van der Waals surface area contributed by atoms with Crippen LogP contribution in [-0.2, 0) is 0 Å². The third-order valence-corrected chi connectivity index (χ3v) is 3.92. The van der Waals surface area contributed by atoms with Crippen molar-refractivity contribution in [3.63, 3.8) is 0 Å². The first kappa shape index (κ1) is 15.6. The van der Waals surface area contributed by atoms with E-state index in [4.69, 9.17) is 35.4 Å². The Bertz CT molecular complexity index is 494. The van der Waals surface area contributed by atoms with Gasteiger partial charge in [-0.1, -0.05) is 34.9 Å². The van der Waals surface area contributed by atoms with E-state index >= 15 is 0 Å². The summed E-state index contributed by atoms with van der Waals surface area (Å²) in [6.45, 7) is 0.853. The van der Waals surface area contributed by atoms with Crippen molar-refractivity contribution in [1.82, 2.24) is 5.32 Å². The molecule has 1 aromatic carbocycles. The van der Waals surface area contributed by atoms with E-state index in [0.717, 1.165) is 18.7 Å². The lowest BCUT2D eigenvalue weighted by Gasteiger charge is -2.14. The maximum absolute atomic E-state index is 5.94. The lowest BCUT2D eigenvalue weighted by atomic mass is 9.97. The zero-order chi connectivity index (χ0) is 14.4. The molecule has 0 aliphatic heterocycles. The Morgan fingerprint density at radius 3 is 2.55 bits per heavy atom. The van der Waals surface area contributed by atoms with Gasteiger partial charge in [0.05, 0.1) is 0 Å². The van der Waals surface area contributed by atoms with E-state index in [2.05, 4.69) is 16.7 Å². The van der Waals surface area contributed by atoms with Crippen molar-refractivity contribution in [1.29, 1.82) is 0 Å². The Morgan fingerprint density at radius 2 is 1.90 bits per heavy atom. The van der Waals surface area contributed by atoms with Crippen LogP contribution in [0.2, 0.25) is 10.0 Å². The molecule has 5 heteroatoms. The summed E-state index contributed by atoms with van der Waals surface area (Å²) in [5, 5.41) is 8.09. The van der Waals surface area contributed by atoms with Crippen LogP contribution in [0.4, 0.5) is 5.69 Å². The molecule has 0 fully saturated rings. The lowest BCUT2D eigenvalue weighted by molar-refractivity contribution is 0.669. The molecule has 1 aromatic rings. The minimum atomic E-state index is 0.593. The molecule has 20 heavy (non-hydrogen) atoms. The number of thiocarbonyl (C=S) groups is 1. The molecule has 1 aliphatic rings. The van der Waals surface area contributed by atoms with Gasteiger partial charge in [0.25, 0.3) is 0 Å². The fourth-order valence-electron chi connectivity index (χ4n) is 2.27. The van der Waals surface area contributed by atoms with Crippen LogP contribution < -0.4 is 10.6 Å². The number of rotatable bonds is 4. The van der Waals surface area contributed by atoms with Gasteiger partial charge in [0.2, 0.25) is 0 Å². The molecule has 0 amide bonds. The van der Waals surface area contributed by atoms with Gasteiger partial charge in [0.15, 0.2) is 5.11 Å². The van der Waals surface area contributed by atoms with Crippen LogP contribution in [0, 0.1) is 0 Å². The monoisotopic (exact) mass is 328 g/mol. The summed E-state index contributed by atoms with van der Waals surface area (Å²) >= 11 is 17.1. The molecule has 0 aromatic heterocycles. The molecular weight excluding hydrogens is 311 g/mol. The molecule has 2 nitrogen and oxygen atoms in total. The third kappa shape index (κ3) is 5.31. The van der Waals surface area contributed by atoms with Crippen LogP contribution >= 0.6 is 35.4 Å². The van der Waals surface area contributed by atoms with Crippen LogP contribution in [0.1, 0.15) is 32.1 Å². The molecule has 0 saturated heterocycles. The predicted molar refractivity (Wildman–Crippen MR) is 91.9 cm³/mol. The highest BCUT2D eigenvalue weighted by molar-refractivity contribution is 7.80. The number of hydrogen-bond acceptors (Lipinski definition) is 1. The van der Waals surface area contributed by atoms with Crippen LogP contribution in [0.25, 0.3) is 0 Å². The molecule has 0 radical (unpaired) electrons. The highest BCUT2D eigenvalue weighted by Gasteiger charge is 2.04. The van der Waals surface area contributed by atoms with E-state index < -0.39 is 0 Å². The molecule has 108 valence electrons. The first-order valence-electron chi connectivity index (χ1n) is 6.82. The van der Waals surface area contributed by atoms with Gasteiger partial charge in [-0.3, -0.25) is 0 Å². The van der Waals surface area contributed by atoms with Crippen LogP contribution in [0.15, 0.2) is 29.8 Å². The van der Waals surface area contributed by atoms with Crippen molar-refractivity contribution >= 4 is 46.2 Å². The number of nitrogens with one attached hydrogen (secondary N) is 2. The fourth-order valence-corrected chi connectivity index (χ4v) is 3.02. The highest BCUT2D eigenvalue weighted by atomic mass is 35.5. The van der Waals surface area contributed by atoms with E-state index in [0.29, 0.717) is 15.2 Å². The summed E-state index contributed by atoms with van der Waals surface area (Å²) in [7, 11) is 0. The summed E-state index contributed by atoms with van der Waals surface area (Å²) in [6, 6.07) is 5.29. The van der Waals surface area contributed by atoms with Crippen LogP contribution in [0.5, 0.6) is 0 Å². The van der Waals surface area contributed by atoms with Gasteiger partial charge in [-0.15, -0.1) is 0 Å². The average molecular weight is 329 g/mol. The smallest absolute Gasteiger partial charge is 0.170 e. The second-order valence-electron chi connectivity index (χ2n) is 4.90. The number of anilines is 1. The maximum atomic E-state index is 5.94. The van der Waals surface area contributed by atoms with E-state index in [1.807, 2.05) is 0 Å². The number of halogens is 2. The summed E-state index contributed by atoms with van der Waals surface area (Å²) in [6.07, 6.45) is 8.50. The van der Waals surface area contributed by atoms with Gasteiger partial charge in [-0.25, -0.2) is 0 Å². The second-order valence-corrected chi connectivity index (χ2v) is 6.18. The number of hydrogen-bond donors (Lipinski definition) is 2. The minimum Gasteiger partial charge on any atom is -0.362 e. The first-order chi connectivity index (χ1) is 9.63. The van der Waals surface area contributed by atoms with Gasteiger partial charge < -0.3 is 10.6 Å². The molecule has 0 atom stereocenters. The Morgan fingerprint density at radius 1 is 1.15 bits per heavy atom. The third-order valence-electron chi connectivity index (χ3n) is 3.24. The highest BCUT2D eigenvalue weighted by Crippen LogP contribution is 2.22. The summed E-state index contributed by atoms with van der Waals surface area (Å²) in [4.78, 5) is 0. The van der Waals surface area contributed by atoms with Crippen molar-refractivity contribution in [2.24, 2.45) is 0 Å². The molecule has 0 unspecified atom stereocenters. The van der Waals surface area contributed by atoms with E-state index in [-0.39, 0.29) is 0 Å². The zero-order valence-electron chi connectivity index (χ0n) is 11.2. The summed E-state index contributed by atoms with van der Waals surface area (Å²) in [5.74, 6) is 0. The molecule has 2 rings (SSSR count). The Kier molecular flexibility index (Phi) is 6.14. The molecule has 0 spiro atoms. The van der Waals surface area contributed by atoms with Gasteiger partial charge in [0.1, 0.15) is 0 Å². The van der Waals surface area contributed by atoms with Crippen LogP contribution in [-0.4, -0.2) is 11.7 Å². The topological polar surface area (TPSA) is 24.1 Å². The van der Waals surface area contributed by atoms with Crippen molar-refractivity contribution in [2.75, 3.05) is 11.9 Å². The van der Waals surface area contributed by atoms with Gasteiger partial charge in [0, 0.05) is 22.3 Å². The van der Waals surface area contributed by atoms with Crippen molar-refractivity contribution in [2.45, 2.75) is 32.1 Å². The molecule has 1 aliphatic carbocycles. The van der Waals surface area contributed by atoms with Crippen LogP contribution in [0.3, 0.4) is 0 Å². The molecule has 0 heterocycles. The normalized spacial score (nSPS) is 14.6. The lowest BCUT2D eigenvalue weighted by Crippen LogP contribution is -2.29. The number of benzene rings is 1. The van der Waals surface area contributed by atoms with Crippen molar-refractivity contribution < 1.29 is 0 Å². The number of allylic oxidation sites excluding steroid dienone is 1. The summed E-state index contributed by atoms with van der Waals surface area (Å²) in [5.41, 5.74) is 2.34. The maximum Gasteiger partial charge on any atom is 0.170 e. The second kappa shape index (κ2) is 7.87. The Hall–Kier alpha value is -0.770. The average Bonchev–Trinajstić information content (AvgIpc) is 2.38. The Labute approximate surface area is 135 Å². The molecule has 0 saturated carbocycles. The van der Waals surface area contributed by atoms with Gasteiger partial charge in [-0.05, 0) is 62.5 Å². The standard InChI is InChI=1S/C15H18Cl2N2S/c16-12-8-13(17)10-14(9-12)19-15(20)18-7-6-11-4-2-1-3-5-11/h4,8-10H,1-3,5-7H2,(H2,18,19,20). The molecule has 0 bridgehead atoms. The Balaban J connectivity index is 1.76. The van der Waals surface area contributed by atoms with E-state index in [1.54, 1.807) is 18.2 Å². The molecular formula is C15H18Cl2N2S. The minimum absolute atomic E-state index is 0.593. The predicted octanol–water partition coefficient (Wildman–Crippen LogP) is 5.17. The zero-order valence-corrected chi connectivity index (χ0v) is 13.5. The first-order valence-corrected chi connectivity index (χ1v) is 7.99. The summed E-state index contributed by atoms with van der Waals surface area (Å²) < 4.78 is 0. The quantitative estimate of drug-likeness (QED) is 0.589. The van der Waals surface area contributed by atoms with Crippen molar-refractivity contribution in [3.8, 4) is 0 Å². The van der Waals surface area contributed by atoms with E-state index in [9.17, 15) is 0 Å². The SMILES string of the molecule is S=C(NCCC1=CCCCC1)Nc1cc(Cl)cc(Cl)c1. The largest absolute Gasteiger partial charge is 0.362 e. The molecule has 2 N–H and O–H groups in total. The van der Waals surface area contributed by atoms with Gasteiger partial charge in [-0.2, -0.15) is 0 Å². The van der Waals surface area contributed by atoms with E-state index in [1.165, 1.54) is 31.3 Å². The van der Waals surface area contributed by atoms with Gasteiger partial charge >= 0.3 is 0 Å². The fraction of sp³-hybridized carbons (Fsp3) is 0.400.